The van der Waals surface area contributed by atoms with Gasteiger partial charge < -0.3 is 10.4 Å². The summed E-state index contributed by atoms with van der Waals surface area (Å²) in [4.78, 5) is 28.7. The lowest BCUT2D eigenvalue weighted by atomic mass is 9.78. The molecule has 23 heavy (non-hydrogen) atoms. The van der Waals surface area contributed by atoms with Crippen LogP contribution in [0.25, 0.3) is 0 Å². The van der Waals surface area contributed by atoms with Crippen LogP contribution in [-0.4, -0.2) is 42.4 Å². The zero-order valence-electron chi connectivity index (χ0n) is 13.2. The second-order valence-electron chi connectivity index (χ2n) is 5.96. The Morgan fingerprint density at radius 2 is 2.26 bits per heavy atom. The van der Waals surface area contributed by atoms with Crippen LogP contribution in [0.3, 0.4) is 0 Å². The van der Waals surface area contributed by atoms with Gasteiger partial charge in [-0.05, 0) is 43.4 Å². The third kappa shape index (κ3) is 4.14. The van der Waals surface area contributed by atoms with Crippen LogP contribution in [0.4, 0.5) is 4.79 Å². The van der Waals surface area contributed by atoms with Crippen LogP contribution in [0, 0.1) is 5.41 Å². The number of nitrogens with one attached hydrogen (secondary N) is 1. The number of hydroxylamine groups is 2. The van der Waals surface area contributed by atoms with E-state index in [1.807, 2.05) is 18.2 Å². The molecule has 1 aliphatic carbocycles. The summed E-state index contributed by atoms with van der Waals surface area (Å²) in [6.45, 7) is 0. The standard InChI is InChI=1S/C16H21ClN2O4/c1-19(23-2)14(20)16(7-6-13(10-16)18-15(21)22)9-11-4-3-5-12(17)8-11/h3-5,8,13,18H,6-7,9-10H2,1-2H3,(H,21,22)/t13-,16+/m0/s1. The Hall–Kier alpha value is -1.79. The van der Waals surface area contributed by atoms with E-state index in [0.717, 1.165) is 5.56 Å². The Balaban J connectivity index is 2.25. The van der Waals surface area contributed by atoms with Crippen molar-refractivity contribution >= 4 is 23.6 Å². The van der Waals surface area contributed by atoms with E-state index in [4.69, 9.17) is 21.5 Å². The number of hydrogen-bond donors (Lipinski definition) is 2. The van der Waals surface area contributed by atoms with Crippen LogP contribution in [0.1, 0.15) is 24.8 Å². The fourth-order valence-corrected chi connectivity index (χ4v) is 3.52. The summed E-state index contributed by atoms with van der Waals surface area (Å²) < 4.78 is 0. The molecule has 0 saturated heterocycles. The Kier molecular flexibility index (Phi) is 5.49. The number of carbonyl (C=O) groups is 2. The summed E-state index contributed by atoms with van der Waals surface area (Å²) >= 11 is 6.03. The lowest BCUT2D eigenvalue weighted by Gasteiger charge is -2.31. The van der Waals surface area contributed by atoms with E-state index < -0.39 is 11.5 Å². The minimum absolute atomic E-state index is 0.144. The van der Waals surface area contributed by atoms with E-state index in [9.17, 15) is 9.59 Å². The van der Waals surface area contributed by atoms with Gasteiger partial charge in [-0.3, -0.25) is 9.63 Å². The SMILES string of the molecule is CON(C)C(=O)[C@@]1(Cc2cccc(Cl)c2)CC[C@H](NC(=O)O)C1. The third-order valence-electron chi connectivity index (χ3n) is 4.38. The van der Waals surface area contributed by atoms with Crippen LogP contribution >= 0.6 is 11.6 Å². The highest BCUT2D eigenvalue weighted by atomic mass is 35.5. The maximum Gasteiger partial charge on any atom is 0.404 e. The maximum atomic E-state index is 12.8. The van der Waals surface area contributed by atoms with Gasteiger partial charge in [-0.15, -0.1) is 0 Å². The highest BCUT2D eigenvalue weighted by Gasteiger charge is 2.47. The molecule has 0 radical (unpaired) electrons. The molecular weight excluding hydrogens is 320 g/mol. The first-order chi connectivity index (χ1) is 10.9. The first-order valence-corrected chi connectivity index (χ1v) is 7.80. The van der Waals surface area contributed by atoms with Crippen molar-refractivity contribution in [1.82, 2.24) is 10.4 Å². The molecule has 2 amide bonds. The number of nitrogens with zero attached hydrogens (tertiary/aromatic N) is 1. The first-order valence-electron chi connectivity index (χ1n) is 7.42. The molecule has 1 fully saturated rings. The van der Waals surface area contributed by atoms with Crippen LogP contribution in [0.15, 0.2) is 24.3 Å². The molecule has 2 atom stereocenters. The molecule has 1 saturated carbocycles. The minimum atomic E-state index is -1.07. The summed E-state index contributed by atoms with van der Waals surface area (Å²) in [6.07, 6.45) is 1.09. The van der Waals surface area contributed by atoms with Gasteiger partial charge in [0.1, 0.15) is 0 Å². The normalized spacial score (nSPS) is 23.5. The topological polar surface area (TPSA) is 78.9 Å². The van der Waals surface area contributed by atoms with Gasteiger partial charge in [0.15, 0.2) is 0 Å². The molecule has 6 nitrogen and oxygen atoms in total. The van der Waals surface area contributed by atoms with Crippen LogP contribution in [0.5, 0.6) is 0 Å². The summed E-state index contributed by atoms with van der Waals surface area (Å²) in [5.74, 6) is -0.144. The number of hydrogen-bond acceptors (Lipinski definition) is 3. The second kappa shape index (κ2) is 7.19. The lowest BCUT2D eigenvalue weighted by Crippen LogP contribution is -2.43. The molecule has 0 bridgehead atoms. The van der Waals surface area contributed by atoms with Gasteiger partial charge in [0, 0.05) is 18.1 Å². The lowest BCUT2D eigenvalue weighted by molar-refractivity contribution is -0.180. The molecule has 0 spiro atoms. The van der Waals surface area contributed by atoms with Crippen molar-refractivity contribution in [2.75, 3.05) is 14.2 Å². The van der Waals surface area contributed by atoms with Crippen molar-refractivity contribution in [3.63, 3.8) is 0 Å². The number of rotatable bonds is 5. The Labute approximate surface area is 140 Å². The highest BCUT2D eigenvalue weighted by Crippen LogP contribution is 2.43. The van der Waals surface area contributed by atoms with Gasteiger partial charge in [0.25, 0.3) is 5.91 Å². The first kappa shape index (κ1) is 17.6. The van der Waals surface area contributed by atoms with Gasteiger partial charge in [0.05, 0.1) is 12.5 Å². The third-order valence-corrected chi connectivity index (χ3v) is 4.62. The fourth-order valence-electron chi connectivity index (χ4n) is 3.31. The van der Waals surface area contributed by atoms with E-state index >= 15 is 0 Å². The summed E-state index contributed by atoms with van der Waals surface area (Å²) in [5.41, 5.74) is 0.258. The van der Waals surface area contributed by atoms with E-state index in [1.165, 1.54) is 12.2 Å². The van der Waals surface area contributed by atoms with Crippen molar-refractivity contribution in [3.05, 3.63) is 34.9 Å². The molecule has 0 unspecified atom stereocenters. The van der Waals surface area contributed by atoms with Crippen molar-refractivity contribution in [2.45, 2.75) is 31.7 Å². The predicted octanol–water partition coefficient (Wildman–Crippen LogP) is 2.71. The molecule has 1 aromatic rings. The average molecular weight is 341 g/mol. The largest absolute Gasteiger partial charge is 0.465 e. The molecule has 1 aliphatic rings. The molecule has 2 N–H and O–H groups in total. The summed E-state index contributed by atoms with van der Waals surface area (Å²) in [6, 6.07) is 7.15. The van der Waals surface area contributed by atoms with Gasteiger partial charge in [-0.1, -0.05) is 23.7 Å². The Morgan fingerprint density at radius 1 is 1.52 bits per heavy atom. The zero-order chi connectivity index (χ0) is 17.0. The summed E-state index contributed by atoms with van der Waals surface area (Å²) in [5, 5.41) is 13.2. The van der Waals surface area contributed by atoms with E-state index in [2.05, 4.69) is 5.32 Å². The van der Waals surface area contributed by atoms with E-state index in [-0.39, 0.29) is 11.9 Å². The fraction of sp³-hybridized carbons (Fsp3) is 0.500. The van der Waals surface area contributed by atoms with Gasteiger partial charge >= 0.3 is 6.09 Å². The molecule has 1 aromatic carbocycles. The van der Waals surface area contributed by atoms with E-state index in [0.29, 0.717) is 30.7 Å². The van der Waals surface area contributed by atoms with Crippen molar-refractivity contribution in [3.8, 4) is 0 Å². The predicted molar refractivity (Wildman–Crippen MR) is 86.2 cm³/mol. The summed E-state index contributed by atoms with van der Waals surface area (Å²) in [7, 11) is 3.01. The minimum Gasteiger partial charge on any atom is -0.465 e. The second-order valence-corrected chi connectivity index (χ2v) is 6.40. The van der Waals surface area contributed by atoms with Gasteiger partial charge in [0.2, 0.25) is 0 Å². The molecule has 7 heteroatoms. The zero-order valence-corrected chi connectivity index (χ0v) is 14.0. The van der Waals surface area contributed by atoms with Gasteiger partial charge in [-0.2, -0.15) is 0 Å². The van der Waals surface area contributed by atoms with E-state index in [1.54, 1.807) is 13.1 Å². The number of benzene rings is 1. The maximum absolute atomic E-state index is 12.8. The smallest absolute Gasteiger partial charge is 0.404 e. The molecule has 0 aromatic heterocycles. The van der Waals surface area contributed by atoms with Crippen LogP contribution in [-0.2, 0) is 16.1 Å². The number of halogens is 1. The number of carboxylic acid groups (broad SMARTS) is 1. The van der Waals surface area contributed by atoms with Crippen LogP contribution in [0.2, 0.25) is 5.02 Å². The molecule has 0 heterocycles. The quantitative estimate of drug-likeness (QED) is 0.808. The Morgan fingerprint density at radius 3 is 2.87 bits per heavy atom. The number of amides is 2. The average Bonchev–Trinajstić information content (AvgIpc) is 2.88. The monoisotopic (exact) mass is 340 g/mol. The van der Waals surface area contributed by atoms with Crippen LogP contribution < -0.4 is 5.32 Å². The van der Waals surface area contributed by atoms with Crippen molar-refractivity contribution in [1.29, 1.82) is 0 Å². The molecular formula is C16H21ClN2O4. The van der Waals surface area contributed by atoms with Crippen molar-refractivity contribution < 1.29 is 19.5 Å². The molecule has 126 valence electrons. The molecule has 2 rings (SSSR count). The Bertz CT molecular complexity index is 595. The number of carbonyl (C=O) groups excluding carboxylic acids is 1. The molecule has 0 aliphatic heterocycles. The highest BCUT2D eigenvalue weighted by molar-refractivity contribution is 6.30. The van der Waals surface area contributed by atoms with Crippen molar-refractivity contribution in [2.24, 2.45) is 5.41 Å². The van der Waals surface area contributed by atoms with Gasteiger partial charge in [-0.25, -0.2) is 9.86 Å².